The number of rotatable bonds is 20. The maximum Gasteiger partial charge on any atom is 0.692 e. The van der Waals surface area contributed by atoms with Crippen LogP contribution >= 0.6 is 8.25 Å². The molecule has 0 aliphatic carbocycles. The maximum absolute atomic E-state index is 8.70. The lowest BCUT2D eigenvalue weighted by molar-refractivity contribution is 0.405. The van der Waals surface area contributed by atoms with Gasteiger partial charge in [-0.1, -0.05) is 169 Å². The molecule has 0 spiro atoms. The molecule has 0 atom stereocenters. The number of hydrogen-bond acceptors (Lipinski definition) is 1. The molecule has 0 aliphatic rings. The number of unbranched alkanes of at least 4 members (excludes halogenated alkanes) is 20. The van der Waals surface area contributed by atoms with Crippen molar-refractivity contribution in [2.24, 2.45) is 0 Å². The molecule has 0 aromatic rings. The van der Waals surface area contributed by atoms with Gasteiger partial charge in [-0.3, -0.25) is 0 Å². The first-order chi connectivity index (χ1) is 14.6. The predicted molar refractivity (Wildman–Crippen MR) is 136 cm³/mol. The molecule has 0 unspecified atom stereocenters. The van der Waals surface area contributed by atoms with Gasteiger partial charge in [-0.25, -0.2) is 0 Å². The van der Waals surface area contributed by atoms with Crippen molar-refractivity contribution in [3.05, 3.63) is 0 Å². The first kappa shape index (κ1) is 34.6. The molecule has 30 heavy (non-hydrogen) atoms. The third kappa shape index (κ3) is 51.0. The van der Waals surface area contributed by atoms with Crippen LogP contribution in [0.5, 0.6) is 0 Å². The van der Waals surface area contributed by atoms with Gasteiger partial charge in [0.2, 0.25) is 0 Å². The quantitative estimate of drug-likeness (QED) is 0.143. The van der Waals surface area contributed by atoms with E-state index in [2.05, 4.69) is 27.7 Å². The van der Waals surface area contributed by atoms with Crippen molar-refractivity contribution in [1.82, 2.24) is 0 Å². The summed E-state index contributed by atoms with van der Waals surface area (Å²) in [6.45, 7) is 9.13. The van der Waals surface area contributed by atoms with Crippen LogP contribution in [0.4, 0.5) is 0 Å². The summed E-state index contributed by atoms with van der Waals surface area (Å²) in [6, 6.07) is 0. The van der Waals surface area contributed by atoms with Crippen LogP contribution < -0.4 is 0 Å². The lowest BCUT2D eigenvalue weighted by atomic mass is 10.1. The van der Waals surface area contributed by atoms with Crippen molar-refractivity contribution in [3.63, 3.8) is 0 Å². The van der Waals surface area contributed by atoms with Crippen LogP contribution in [-0.4, -0.2) is 9.79 Å². The Morgan fingerprint density at radius 1 is 0.367 bits per heavy atom. The summed E-state index contributed by atoms with van der Waals surface area (Å²) >= 11 is 0. The number of hydrogen-bond donors (Lipinski definition) is 2. The van der Waals surface area contributed by atoms with Crippen molar-refractivity contribution >= 4 is 8.25 Å². The van der Waals surface area contributed by atoms with Crippen LogP contribution in [0, 0.1) is 0 Å². The molecule has 0 aliphatic heterocycles. The van der Waals surface area contributed by atoms with E-state index in [1.807, 2.05) is 0 Å². The minimum Gasteiger partial charge on any atom is -0.134 e. The van der Waals surface area contributed by atoms with Crippen LogP contribution in [0.25, 0.3) is 0 Å². The van der Waals surface area contributed by atoms with Gasteiger partial charge < -0.3 is 0 Å². The van der Waals surface area contributed by atoms with Crippen molar-refractivity contribution < 1.29 is 14.4 Å². The molecule has 0 rings (SSSR count). The summed E-state index contributed by atoms with van der Waals surface area (Å²) in [5.74, 6) is 0. The second-order valence-electron chi connectivity index (χ2n) is 8.62. The van der Waals surface area contributed by atoms with Gasteiger partial charge in [0.15, 0.2) is 0 Å². The van der Waals surface area contributed by atoms with Crippen LogP contribution in [0.1, 0.15) is 169 Å². The van der Waals surface area contributed by atoms with Gasteiger partial charge >= 0.3 is 8.25 Å². The molecule has 0 aromatic heterocycles. The molecule has 3 nitrogen and oxygen atoms in total. The molecule has 0 fully saturated rings. The Kier molecular flexibility index (Phi) is 42.0. The normalized spacial score (nSPS) is 10.1. The lowest BCUT2D eigenvalue weighted by Gasteiger charge is -2.00. The largest absolute Gasteiger partial charge is 0.692 e. The summed E-state index contributed by atoms with van der Waals surface area (Å²) < 4.78 is 8.70. The van der Waals surface area contributed by atoms with E-state index in [-0.39, 0.29) is 0 Å². The Bertz CT molecular complexity index is 239. The van der Waals surface area contributed by atoms with E-state index >= 15 is 0 Å². The highest BCUT2D eigenvalue weighted by atomic mass is 31.1. The molecule has 0 amide bonds. The van der Waals surface area contributed by atoms with Crippen molar-refractivity contribution in [2.75, 3.05) is 0 Å². The summed E-state index contributed by atoms with van der Waals surface area (Å²) in [4.78, 5) is 14.2. The summed E-state index contributed by atoms with van der Waals surface area (Å²) in [5.41, 5.74) is 0. The third-order valence-electron chi connectivity index (χ3n) is 5.41. The van der Waals surface area contributed by atoms with Crippen LogP contribution in [0.2, 0.25) is 0 Å². The maximum atomic E-state index is 8.70. The minimum absolute atomic E-state index is 1.37. The first-order valence-electron chi connectivity index (χ1n) is 13.4. The second kappa shape index (κ2) is 36.4. The lowest BCUT2D eigenvalue weighted by Crippen LogP contribution is -1.80. The first-order valence-corrected chi connectivity index (χ1v) is 14.6. The third-order valence-corrected chi connectivity index (χ3v) is 5.41. The Hall–Kier alpha value is 0.0200. The highest BCUT2D eigenvalue weighted by Gasteiger charge is 1.93. The molecule has 0 radical (unpaired) electrons. The van der Waals surface area contributed by atoms with Crippen LogP contribution in [0.15, 0.2) is 0 Å². The van der Waals surface area contributed by atoms with Gasteiger partial charge in [0, 0.05) is 4.57 Å². The average molecular weight is 450 g/mol. The molecule has 0 saturated heterocycles. The highest BCUT2D eigenvalue weighted by molar-refractivity contribution is 7.30. The second-order valence-corrected chi connectivity index (χ2v) is 9.12. The van der Waals surface area contributed by atoms with Gasteiger partial charge in [-0.05, 0) is 0 Å². The van der Waals surface area contributed by atoms with E-state index < -0.39 is 8.25 Å². The molecule has 0 heterocycles. The highest BCUT2D eigenvalue weighted by Crippen LogP contribution is 2.11. The van der Waals surface area contributed by atoms with E-state index in [4.69, 9.17) is 14.4 Å². The van der Waals surface area contributed by atoms with E-state index in [1.54, 1.807) is 0 Å². The fraction of sp³-hybridized carbons (Fsp3) is 1.00. The zero-order chi connectivity index (χ0) is 23.1. The Morgan fingerprint density at radius 3 is 0.567 bits per heavy atom. The predicted octanol–water partition coefficient (Wildman–Crippen LogP) is 10.3. The fourth-order valence-electron chi connectivity index (χ4n) is 3.47. The zero-order valence-electron chi connectivity index (χ0n) is 21.3. The minimum atomic E-state index is -2.87. The van der Waals surface area contributed by atoms with E-state index in [9.17, 15) is 0 Å². The average Bonchev–Trinajstić information content (AvgIpc) is 2.71. The Morgan fingerprint density at radius 2 is 0.467 bits per heavy atom. The van der Waals surface area contributed by atoms with E-state index in [0.29, 0.717) is 0 Å². The SMILES string of the molecule is CCCCCCCCCCCCC.CCCCCCCCCCCCC.O=[P+](O)O. The molecule has 0 saturated carbocycles. The summed E-state index contributed by atoms with van der Waals surface area (Å²) in [5, 5.41) is 0. The van der Waals surface area contributed by atoms with Gasteiger partial charge in [-0.2, -0.15) is 0 Å². The van der Waals surface area contributed by atoms with Gasteiger partial charge in [0.05, 0.1) is 0 Å². The van der Waals surface area contributed by atoms with E-state index in [1.165, 1.54) is 141 Å². The van der Waals surface area contributed by atoms with Crippen molar-refractivity contribution in [3.8, 4) is 0 Å². The summed E-state index contributed by atoms with van der Waals surface area (Å²) in [7, 11) is -2.87. The van der Waals surface area contributed by atoms with Gasteiger partial charge in [0.1, 0.15) is 0 Å². The van der Waals surface area contributed by atoms with E-state index in [0.717, 1.165) is 0 Å². The van der Waals surface area contributed by atoms with Crippen LogP contribution in [-0.2, 0) is 4.57 Å². The molecule has 2 N–H and O–H groups in total. The van der Waals surface area contributed by atoms with Crippen LogP contribution in [0.3, 0.4) is 0 Å². The topological polar surface area (TPSA) is 57.5 Å². The molecule has 0 aromatic carbocycles. The van der Waals surface area contributed by atoms with Crippen molar-refractivity contribution in [1.29, 1.82) is 0 Å². The molecular weight excluding hydrogens is 391 g/mol. The standard InChI is InChI=1S/2C13H28.HO3P/c2*1-3-5-7-9-11-13-12-10-8-6-4-2;1-4(2)3/h2*3-13H2,1-2H3;(H-,1,2,3)/p+1. The fourth-order valence-corrected chi connectivity index (χ4v) is 3.47. The molecule has 0 bridgehead atoms. The Labute approximate surface area is 191 Å². The van der Waals surface area contributed by atoms with Gasteiger partial charge in [0.25, 0.3) is 0 Å². The summed E-state index contributed by atoms with van der Waals surface area (Å²) in [6.07, 6.45) is 31.9. The molecule has 4 heteroatoms. The molecule has 184 valence electrons. The van der Waals surface area contributed by atoms with Crippen molar-refractivity contribution in [2.45, 2.75) is 169 Å². The Balaban J connectivity index is -0.000000412. The monoisotopic (exact) mass is 449 g/mol. The smallest absolute Gasteiger partial charge is 0.134 e. The van der Waals surface area contributed by atoms with Gasteiger partial charge in [-0.15, -0.1) is 9.79 Å². The molecular formula is C26H58O3P+. The zero-order valence-corrected chi connectivity index (χ0v) is 22.2.